The fourth-order valence-corrected chi connectivity index (χ4v) is 3.66. The van der Waals surface area contributed by atoms with E-state index in [4.69, 9.17) is 14.3 Å². The summed E-state index contributed by atoms with van der Waals surface area (Å²) >= 11 is 0. The number of benzene rings is 2. The number of rotatable bonds is 8. The predicted octanol–water partition coefficient (Wildman–Crippen LogP) is 3.52. The molecule has 0 bridgehead atoms. The van der Waals surface area contributed by atoms with Gasteiger partial charge in [0.2, 0.25) is 0 Å². The van der Waals surface area contributed by atoms with Gasteiger partial charge in [0.05, 0.1) is 28.8 Å². The zero-order chi connectivity index (χ0) is 19.3. The van der Waals surface area contributed by atoms with Crippen LogP contribution in [0.3, 0.4) is 0 Å². The Kier molecular flexibility index (Phi) is 6.61. The third-order valence-electron chi connectivity index (χ3n) is 3.99. The van der Waals surface area contributed by atoms with Gasteiger partial charge >= 0.3 is 0 Å². The summed E-state index contributed by atoms with van der Waals surface area (Å²) in [5.41, 5.74) is 2.67. The van der Waals surface area contributed by atoms with Crippen LogP contribution in [0.4, 0.5) is 4.39 Å². The molecule has 0 heterocycles. The Morgan fingerprint density at radius 2 is 1.81 bits per heavy atom. The molecule has 0 amide bonds. The molecule has 0 aliphatic rings. The highest BCUT2D eigenvalue weighted by Crippen LogP contribution is 2.32. The van der Waals surface area contributed by atoms with E-state index in [1.165, 1.54) is 25.5 Å². The van der Waals surface area contributed by atoms with Crippen LogP contribution in [0.5, 0.6) is 11.5 Å². The molecule has 5 nitrogen and oxygen atoms in total. The van der Waals surface area contributed by atoms with Gasteiger partial charge in [0.25, 0.3) is 0 Å². The molecule has 7 heteroatoms. The number of aryl methyl sites for hydroxylation is 1. The van der Waals surface area contributed by atoms with Crippen LogP contribution >= 0.6 is 0 Å². The van der Waals surface area contributed by atoms with Gasteiger partial charge in [-0.25, -0.2) is 13.4 Å². The molecule has 26 heavy (non-hydrogen) atoms. The molecule has 0 radical (unpaired) electrons. The highest BCUT2D eigenvalue weighted by Gasteiger charge is 2.16. The maximum Gasteiger partial charge on any atom is 0.136 e. The molecule has 2 aromatic carbocycles. The average Bonchev–Trinajstić information content (AvgIpc) is 2.56. The molecule has 0 aliphatic carbocycles. The maximum atomic E-state index is 13.4. The number of hydrogen-bond acceptors (Lipinski definition) is 5. The lowest BCUT2D eigenvalue weighted by Gasteiger charge is -2.15. The molecule has 0 aliphatic heterocycles. The minimum Gasteiger partial charge on any atom is -0.496 e. The molecule has 2 N–H and O–H groups in total. The molecule has 1 atom stereocenters. The van der Waals surface area contributed by atoms with Crippen molar-refractivity contribution in [2.24, 2.45) is 0 Å². The van der Waals surface area contributed by atoms with Gasteiger partial charge in [-0.1, -0.05) is 6.07 Å². The lowest BCUT2D eigenvalue weighted by molar-refractivity contribution is 0.389. The summed E-state index contributed by atoms with van der Waals surface area (Å²) in [6.07, 6.45) is 2.00. The average molecular weight is 380 g/mol. The lowest BCUT2D eigenvalue weighted by atomic mass is 10.1. The second kappa shape index (κ2) is 8.51. The van der Waals surface area contributed by atoms with Crippen LogP contribution in [0.15, 0.2) is 35.2 Å². The van der Waals surface area contributed by atoms with Crippen molar-refractivity contribution in [1.82, 2.24) is 5.32 Å². The molecule has 0 saturated carbocycles. The topological polar surface area (TPSA) is 71.4 Å². The Hall–Kier alpha value is -2.12. The van der Waals surface area contributed by atoms with Crippen LogP contribution in [-0.4, -0.2) is 31.2 Å². The molecule has 2 rings (SSSR count). The maximum absolute atomic E-state index is 13.4. The summed E-state index contributed by atoms with van der Waals surface area (Å²) in [6.45, 7) is 3.08. The molecular formula is C19H25FN2O3S. The summed E-state index contributed by atoms with van der Waals surface area (Å²) < 4.78 is 44.0. The van der Waals surface area contributed by atoms with E-state index in [0.717, 1.165) is 16.7 Å². The fourth-order valence-electron chi connectivity index (χ4n) is 2.80. The first-order valence-electron chi connectivity index (χ1n) is 8.20. The Morgan fingerprint density at radius 3 is 2.38 bits per heavy atom. The monoisotopic (exact) mass is 380 g/mol. The molecule has 0 spiro atoms. The predicted molar refractivity (Wildman–Crippen MR) is 101 cm³/mol. The zero-order valence-corrected chi connectivity index (χ0v) is 16.3. The Morgan fingerprint density at radius 1 is 1.12 bits per heavy atom. The fraction of sp³-hybridized carbons (Fsp3) is 0.368. The van der Waals surface area contributed by atoms with Crippen molar-refractivity contribution in [3.05, 3.63) is 52.8 Å². The van der Waals surface area contributed by atoms with E-state index in [2.05, 4.69) is 5.32 Å². The molecule has 2 aromatic rings. The van der Waals surface area contributed by atoms with Crippen molar-refractivity contribution in [2.75, 3.05) is 27.0 Å². The Balaban J connectivity index is 2.09. The number of halogens is 1. The van der Waals surface area contributed by atoms with Crippen molar-refractivity contribution in [1.29, 1.82) is 4.78 Å². The van der Waals surface area contributed by atoms with E-state index in [9.17, 15) is 8.60 Å². The van der Waals surface area contributed by atoms with Crippen molar-refractivity contribution in [3.8, 4) is 11.5 Å². The first-order valence-corrected chi connectivity index (χ1v) is 10.2. The largest absolute Gasteiger partial charge is 0.496 e. The van der Waals surface area contributed by atoms with E-state index in [-0.39, 0.29) is 5.82 Å². The van der Waals surface area contributed by atoms with Crippen molar-refractivity contribution in [2.45, 2.75) is 24.8 Å². The van der Waals surface area contributed by atoms with Gasteiger partial charge in [-0.2, -0.15) is 0 Å². The Bertz CT molecular complexity index is 862. The summed E-state index contributed by atoms with van der Waals surface area (Å²) in [7, 11) is 0.112. The van der Waals surface area contributed by atoms with E-state index in [0.29, 0.717) is 35.9 Å². The normalized spacial score (nSPS) is 13.3. The summed E-state index contributed by atoms with van der Waals surface area (Å²) in [5, 5.41) is 3.28. The summed E-state index contributed by atoms with van der Waals surface area (Å²) in [5.74, 6) is 0.762. The van der Waals surface area contributed by atoms with Gasteiger partial charge in [0.1, 0.15) is 17.3 Å². The number of methoxy groups -OCH3 is 2. The standard InChI is InChI=1S/C19H25FN2O3S/c1-13-7-14(9-16(20)8-13)12-22-6-5-15-10-18(25-3)19(26(4,21)23)11-17(15)24-2/h7-11,21-22H,5-6,12H2,1-4H3/t26-/m1/s1. The second-order valence-electron chi connectivity index (χ2n) is 6.22. The molecule has 0 fully saturated rings. The molecule has 142 valence electrons. The first-order chi connectivity index (χ1) is 12.2. The minimum atomic E-state index is -2.92. The molecule has 0 aromatic heterocycles. The lowest BCUT2D eigenvalue weighted by Crippen LogP contribution is -2.17. The van der Waals surface area contributed by atoms with Crippen molar-refractivity contribution >= 4 is 9.73 Å². The number of hydrogen-bond donors (Lipinski definition) is 2. The SMILES string of the molecule is COc1cc([S@](C)(=N)=O)c(OC)cc1CCNCc1cc(C)cc(F)c1. The van der Waals surface area contributed by atoms with Crippen molar-refractivity contribution in [3.63, 3.8) is 0 Å². The summed E-state index contributed by atoms with van der Waals surface area (Å²) in [6, 6.07) is 8.34. The van der Waals surface area contributed by atoms with E-state index in [1.807, 2.05) is 13.0 Å². The van der Waals surface area contributed by atoms with Gasteiger partial charge in [-0.05, 0) is 54.8 Å². The van der Waals surface area contributed by atoms with Crippen LogP contribution in [0.2, 0.25) is 0 Å². The summed E-state index contributed by atoms with van der Waals surface area (Å²) in [4.78, 5) is 0.323. The number of ether oxygens (including phenoxy) is 2. The molecule has 0 unspecified atom stereocenters. The highest BCUT2D eigenvalue weighted by atomic mass is 32.2. The van der Waals surface area contributed by atoms with Crippen LogP contribution in [0.1, 0.15) is 16.7 Å². The third kappa shape index (κ3) is 5.19. The molecular weight excluding hydrogens is 355 g/mol. The van der Waals surface area contributed by atoms with Gasteiger partial charge in [-0.15, -0.1) is 0 Å². The van der Waals surface area contributed by atoms with Crippen LogP contribution in [-0.2, 0) is 22.7 Å². The van der Waals surface area contributed by atoms with Gasteiger partial charge in [-0.3, -0.25) is 0 Å². The van der Waals surface area contributed by atoms with Gasteiger partial charge < -0.3 is 14.8 Å². The smallest absolute Gasteiger partial charge is 0.136 e. The van der Waals surface area contributed by atoms with E-state index >= 15 is 0 Å². The quantitative estimate of drug-likeness (QED) is 0.688. The van der Waals surface area contributed by atoms with Crippen molar-refractivity contribution < 1.29 is 18.1 Å². The van der Waals surface area contributed by atoms with Gasteiger partial charge in [0, 0.05) is 18.9 Å². The zero-order valence-electron chi connectivity index (χ0n) is 15.5. The number of nitrogens with one attached hydrogen (secondary N) is 2. The first kappa shape index (κ1) is 20.2. The van der Waals surface area contributed by atoms with Crippen LogP contribution < -0.4 is 14.8 Å². The van der Waals surface area contributed by atoms with E-state index < -0.39 is 9.73 Å². The minimum absolute atomic E-state index is 0.234. The van der Waals surface area contributed by atoms with Gasteiger partial charge in [0.15, 0.2) is 0 Å². The van der Waals surface area contributed by atoms with E-state index in [1.54, 1.807) is 19.2 Å². The van der Waals surface area contributed by atoms with Crippen LogP contribution in [0, 0.1) is 17.5 Å². The molecule has 0 saturated heterocycles. The highest BCUT2D eigenvalue weighted by molar-refractivity contribution is 7.91. The third-order valence-corrected chi connectivity index (χ3v) is 5.15. The Labute approximate surface area is 154 Å². The second-order valence-corrected chi connectivity index (χ2v) is 8.35. The van der Waals surface area contributed by atoms with Crippen LogP contribution in [0.25, 0.3) is 0 Å².